The van der Waals surface area contributed by atoms with Crippen molar-refractivity contribution in [2.24, 2.45) is 5.92 Å². The maximum atomic E-state index is 12.1. The summed E-state index contributed by atoms with van der Waals surface area (Å²) in [5.74, 6) is 0.532. The number of carbonyl (C=O) groups is 1. The molecule has 1 saturated carbocycles. The van der Waals surface area contributed by atoms with Gasteiger partial charge in [-0.2, -0.15) is 0 Å². The molecule has 0 aromatic heterocycles. The molecule has 3 heteroatoms. The van der Waals surface area contributed by atoms with Crippen molar-refractivity contribution in [2.75, 3.05) is 13.1 Å². The molecule has 3 rings (SSSR count). The first kappa shape index (κ1) is 14.6. The zero-order valence-corrected chi connectivity index (χ0v) is 13.2. The number of benzene rings is 1. The van der Waals surface area contributed by atoms with Gasteiger partial charge in [-0.25, -0.2) is 0 Å². The van der Waals surface area contributed by atoms with Crippen LogP contribution in [0.3, 0.4) is 0 Å². The van der Waals surface area contributed by atoms with Crippen LogP contribution in [-0.4, -0.2) is 29.9 Å². The predicted molar refractivity (Wildman–Crippen MR) is 85.1 cm³/mol. The van der Waals surface area contributed by atoms with Crippen molar-refractivity contribution in [3.8, 4) is 0 Å². The van der Waals surface area contributed by atoms with E-state index >= 15 is 0 Å². The summed E-state index contributed by atoms with van der Waals surface area (Å²) in [6, 6.07) is 7.17. The second-order valence-corrected chi connectivity index (χ2v) is 6.76. The van der Waals surface area contributed by atoms with Gasteiger partial charge in [-0.15, -0.1) is 0 Å². The van der Waals surface area contributed by atoms with E-state index in [9.17, 15) is 4.79 Å². The van der Waals surface area contributed by atoms with Crippen LogP contribution >= 0.6 is 0 Å². The van der Waals surface area contributed by atoms with Crippen LogP contribution in [0.4, 0.5) is 0 Å². The van der Waals surface area contributed by atoms with Gasteiger partial charge in [0.1, 0.15) is 0 Å². The summed E-state index contributed by atoms with van der Waals surface area (Å²) in [5, 5.41) is 3.15. The lowest BCUT2D eigenvalue weighted by molar-refractivity contribution is -0.126. The van der Waals surface area contributed by atoms with Crippen LogP contribution in [-0.2, 0) is 11.3 Å². The van der Waals surface area contributed by atoms with Crippen LogP contribution in [0.15, 0.2) is 18.2 Å². The highest BCUT2D eigenvalue weighted by Gasteiger charge is 2.29. The Hall–Kier alpha value is -1.35. The fraction of sp³-hybridized carbons (Fsp3) is 0.611. The lowest BCUT2D eigenvalue weighted by Crippen LogP contribution is -2.40. The average Bonchev–Trinajstić information content (AvgIpc) is 3.27. The monoisotopic (exact) mass is 286 g/mol. The quantitative estimate of drug-likeness (QED) is 0.923. The third-order valence-electron chi connectivity index (χ3n) is 4.78. The molecule has 0 unspecified atom stereocenters. The number of hydrogen-bond acceptors (Lipinski definition) is 2. The first-order valence-electron chi connectivity index (χ1n) is 8.20. The second-order valence-electron chi connectivity index (χ2n) is 6.76. The van der Waals surface area contributed by atoms with Crippen molar-refractivity contribution in [3.63, 3.8) is 0 Å². The lowest BCUT2D eigenvalue weighted by Gasteiger charge is -2.31. The minimum absolute atomic E-state index is 0.237. The Morgan fingerprint density at radius 3 is 2.57 bits per heavy atom. The molecule has 0 bridgehead atoms. The number of piperidine rings is 1. The molecule has 3 nitrogen and oxygen atoms in total. The van der Waals surface area contributed by atoms with E-state index in [1.165, 1.54) is 29.5 Å². The fourth-order valence-electron chi connectivity index (χ4n) is 3.11. The number of nitrogens with one attached hydrogen (secondary N) is 1. The minimum atomic E-state index is 0.237. The van der Waals surface area contributed by atoms with Gasteiger partial charge in [0.15, 0.2) is 0 Å². The van der Waals surface area contributed by atoms with Gasteiger partial charge in [0.2, 0.25) is 5.91 Å². The maximum absolute atomic E-state index is 12.1. The Labute approximate surface area is 127 Å². The van der Waals surface area contributed by atoms with Crippen LogP contribution in [0.1, 0.15) is 42.4 Å². The highest BCUT2D eigenvalue weighted by Crippen LogP contribution is 2.24. The number of carbonyl (C=O) groups excluding carboxylic acids is 1. The van der Waals surface area contributed by atoms with Crippen LogP contribution in [0.5, 0.6) is 0 Å². The summed E-state index contributed by atoms with van der Waals surface area (Å²) in [7, 11) is 0. The summed E-state index contributed by atoms with van der Waals surface area (Å²) >= 11 is 0. The third-order valence-corrected chi connectivity index (χ3v) is 4.78. The number of aryl methyl sites for hydroxylation is 2. The molecular formula is C18H26N2O. The lowest BCUT2D eigenvalue weighted by atomic mass is 9.95. The molecule has 1 heterocycles. The molecule has 0 radical (unpaired) electrons. The Morgan fingerprint density at radius 1 is 1.19 bits per heavy atom. The van der Waals surface area contributed by atoms with Gasteiger partial charge in [0.05, 0.1) is 0 Å². The molecule has 1 amide bonds. The topological polar surface area (TPSA) is 32.3 Å². The number of amides is 1. The summed E-state index contributed by atoms with van der Waals surface area (Å²) < 4.78 is 0. The smallest absolute Gasteiger partial charge is 0.223 e. The summed E-state index contributed by atoms with van der Waals surface area (Å²) in [5.41, 5.74) is 4.12. The number of hydrogen-bond donors (Lipinski definition) is 1. The zero-order chi connectivity index (χ0) is 14.8. The molecule has 2 fully saturated rings. The van der Waals surface area contributed by atoms with Gasteiger partial charge in [0, 0.05) is 18.5 Å². The molecule has 0 atom stereocenters. The largest absolute Gasteiger partial charge is 0.353 e. The van der Waals surface area contributed by atoms with Gasteiger partial charge >= 0.3 is 0 Å². The molecule has 1 saturated heterocycles. The Morgan fingerprint density at radius 2 is 1.90 bits per heavy atom. The van der Waals surface area contributed by atoms with Crippen molar-refractivity contribution >= 4 is 5.91 Å². The van der Waals surface area contributed by atoms with Gasteiger partial charge < -0.3 is 5.32 Å². The summed E-state index contributed by atoms with van der Waals surface area (Å²) in [4.78, 5) is 14.6. The summed E-state index contributed by atoms with van der Waals surface area (Å²) in [6.45, 7) is 7.43. The van der Waals surface area contributed by atoms with E-state index in [-0.39, 0.29) is 5.92 Å². The standard InChI is InChI=1S/C18H26N2O/c1-13-3-4-14(2)16(11-13)12-20-9-7-15(8-10-20)18(21)19-17-5-6-17/h3-4,11,15,17H,5-10,12H2,1-2H3,(H,19,21). The molecule has 1 aliphatic heterocycles. The van der Waals surface area contributed by atoms with E-state index in [1.54, 1.807) is 0 Å². The molecule has 1 N–H and O–H groups in total. The fourth-order valence-corrected chi connectivity index (χ4v) is 3.11. The molecule has 114 valence electrons. The molecule has 21 heavy (non-hydrogen) atoms. The van der Waals surface area contributed by atoms with Gasteiger partial charge in [-0.1, -0.05) is 23.8 Å². The van der Waals surface area contributed by atoms with Gasteiger partial charge in [0.25, 0.3) is 0 Å². The van der Waals surface area contributed by atoms with Crippen LogP contribution in [0, 0.1) is 19.8 Å². The van der Waals surface area contributed by atoms with E-state index < -0.39 is 0 Å². The van der Waals surface area contributed by atoms with Crippen molar-refractivity contribution in [2.45, 2.75) is 52.1 Å². The van der Waals surface area contributed by atoms with E-state index in [2.05, 4.69) is 42.3 Å². The zero-order valence-electron chi connectivity index (χ0n) is 13.2. The van der Waals surface area contributed by atoms with Gasteiger partial charge in [-0.3, -0.25) is 9.69 Å². The number of rotatable bonds is 4. The highest BCUT2D eigenvalue weighted by atomic mass is 16.2. The SMILES string of the molecule is Cc1ccc(C)c(CN2CCC(C(=O)NC3CC3)CC2)c1. The van der Waals surface area contributed by atoms with Crippen LogP contribution in [0.2, 0.25) is 0 Å². The number of nitrogens with zero attached hydrogens (tertiary/aromatic N) is 1. The molecule has 1 aliphatic carbocycles. The maximum Gasteiger partial charge on any atom is 0.223 e. The van der Waals surface area contributed by atoms with Crippen molar-refractivity contribution in [3.05, 3.63) is 34.9 Å². The molecule has 0 spiro atoms. The van der Waals surface area contributed by atoms with Crippen molar-refractivity contribution in [1.82, 2.24) is 10.2 Å². The van der Waals surface area contributed by atoms with Crippen molar-refractivity contribution < 1.29 is 4.79 Å². The van der Waals surface area contributed by atoms with Gasteiger partial charge in [-0.05, 0) is 63.7 Å². The normalized spacial score (nSPS) is 20.5. The average molecular weight is 286 g/mol. The number of likely N-dealkylation sites (tertiary alicyclic amines) is 1. The molecule has 2 aliphatic rings. The molecule has 1 aromatic carbocycles. The van der Waals surface area contributed by atoms with Crippen LogP contribution < -0.4 is 5.32 Å². The minimum Gasteiger partial charge on any atom is -0.353 e. The second kappa shape index (κ2) is 6.18. The van der Waals surface area contributed by atoms with E-state index in [0.717, 1.165) is 32.5 Å². The Kier molecular flexibility index (Phi) is 4.29. The molecular weight excluding hydrogens is 260 g/mol. The predicted octanol–water partition coefficient (Wildman–Crippen LogP) is 2.79. The van der Waals surface area contributed by atoms with E-state index in [0.29, 0.717) is 11.9 Å². The summed E-state index contributed by atoms with van der Waals surface area (Å²) in [6.07, 6.45) is 4.36. The van der Waals surface area contributed by atoms with E-state index in [4.69, 9.17) is 0 Å². The first-order chi connectivity index (χ1) is 10.1. The molecule has 1 aromatic rings. The highest BCUT2D eigenvalue weighted by molar-refractivity contribution is 5.79. The van der Waals surface area contributed by atoms with E-state index in [1.807, 2.05) is 0 Å². The Bertz CT molecular complexity index is 514. The van der Waals surface area contributed by atoms with Crippen LogP contribution in [0.25, 0.3) is 0 Å². The first-order valence-corrected chi connectivity index (χ1v) is 8.20. The van der Waals surface area contributed by atoms with Crippen molar-refractivity contribution in [1.29, 1.82) is 0 Å². The Balaban J connectivity index is 1.51. The third kappa shape index (κ3) is 3.85.